The Morgan fingerprint density at radius 2 is 1.92 bits per heavy atom. The molecule has 3 nitrogen and oxygen atoms in total. The van der Waals surface area contributed by atoms with Crippen LogP contribution in [0.4, 0.5) is 0 Å². The molecular formula is C19H20Cl2N2O. The van der Waals surface area contributed by atoms with Gasteiger partial charge in [0.25, 0.3) is 0 Å². The van der Waals surface area contributed by atoms with Gasteiger partial charge in [-0.1, -0.05) is 47.5 Å². The predicted octanol–water partition coefficient (Wildman–Crippen LogP) is 4.47. The van der Waals surface area contributed by atoms with E-state index in [1.807, 2.05) is 24.3 Å². The van der Waals surface area contributed by atoms with Crippen molar-refractivity contribution in [3.63, 3.8) is 0 Å². The fraction of sp³-hybridized carbons (Fsp3) is 0.263. The number of fused-ring (bicyclic) bond motifs is 1. The fourth-order valence-electron chi connectivity index (χ4n) is 2.84. The lowest BCUT2D eigenvalue weighted by Crippen LogP contribution is -2.23. The molecule has 0 saturated heterocycles. The van der Waals surface area contributed by atoms with Crippen molar-refractivity contribution in [3.8, 4) is 0 Å². The van der Waals surface area contributed by atoms with E-state index in [0.717, 1.165) is 11.1 Å². The van der Waals surface area contributed by atoms with Crippen LogP contribution in [-0.4, -0.2) is 22.3 Å². The third kappa shape index (κ3) is 3.93. The van der Waals surface area contributed by atoms with Crippen molar-refractivity contribution < 1.29 is 5.11 Å². The van der Waals surface area contributed by atoms with Crippen LogP contribution in [0.25, 0.3) is 10.9 Å². The van der Waals surface area contributed by atoms with Gasteiger partial charge in [-0.25, -0.2) is 0 Å². The Morgan fingerprint density at radius 1 is 1.12 bits per heavy atom. The van der Waals surface area contributed by atoms with Crippen molar-refractivity contribution in [2.24, 2.45) is 0 Å². The summed E-state index contributed by atoms with van der Waals surface area (Å²) in [4.78, 5) is 0. The number of aliphatic hydroxyl groups is 1. The fourth-order valence-corrected chi connectivity index (χ4v) is 3.31. The van der Waals surface area contributed by atoms with Gasteiger partial charge in [0.05, 0.1) is 6.10 Å². The van der Waals surface area contributed by atoms with Gasteiger partial charge >= 0.3 is 0 Å². The molecule has 0 aliphatic heterocycles. The van der Waals surface area contributed by atoms with E-state index in [4.69, 9.17) is 23.2 Å². The number of benzene rings is 2. The molecule has 24 heavy (non-hydrogen) atoms. The lowest BCUT2D eigenvalue weighted by Gasteiger charge is -2.08. The highest BCUT2D eigenvalue weighted by Gasteiger charge is 2.10. The van der Waals surface area contributed by atoms with Crippen LogP contribution >= 0.6 is 23.2 Å². The van der Waals surface area contributed by atoms with E-state index in [2.05, 4.69) is 28.2 Å². The molecule has 0 amide bonds. The van der Waals surface area contributed by atoms with Gasteiger partial charge in [0.2, 0.25) is 0 Å². The molecule has 1 unspecified atom stereocenters. The van der Waals surface area contributed by atoms with Crippen LogP contribution in [0.15, 0.2) is 48.7 Å². The highest BCUT2D eigenvalue weighted by atomic mass is 35.5. The number of rotatable bonds is 6. The van der Waals surface area contributed by atoms with Crippen molar-refractivity contribution in [3.05, 3.63) is 69.8 Å². The Bertz CT molecular complexity index is 842. The average molecular weight is 363 g/mol. The van der Waals surface area contributed by atoms with Crippen molar-refractivity contribution in [1.29, 1.82) is 0 Å². The molecule has 0 fully saturated rings. The SMILES string of the molecule is CC(O)CNCc1cn(Cc2ccc(Cl)cc2Cl)c2ccccc12. The number of halogens is 2. The first-order valence-electron chi connectivity index (χ1n) is 7.94. The van der Waals surface area contributed by atoms with Crippen LogP contribution in [0.2, 0.25) is 10.0 Å². The molecule has 5 heteroatoms. The minimum absolute atomic E-state index is 0.355. The van der Waals surface area contributed by atoms with Gasteiger partial charge in [0.1, 0.15) is 0 Å². The Morgan fingerprint density at radius 3 is 2.67 bits per heavy atom. The second-order valence-electron chi connectivity index (χ2n) is 6.02. The molecule has 0 aliphatic carbocycles. The van der Waals surface area contributed by atoms with E-state index in [1.165, 1.54) is 10.9 Å². The summed E-state index contributed by atoms with van der Waals surface area (Å²) in [5.74, 6) is 0. The highest BCUT2D eigenvalue weighted by molar-refractivity contribution is 6.35. The first-order valence-corrected chi connectivity index (χ1v) is 8.69. The summed E-state index contributed by atoms with van der Waals surface area (Å²) in [5.41, 5.74) is 3.40. The van der Waals surface area contributed by atoms with Gasteiger partial charge in [-0.3, -0.25) is 0 Å². The van der Waals surface area contributed by atoms with E-state index in [0.29, 0.717) is 29.7 Å². The van der Waals surface area contributed by atoms with E-state index in [1.54, 1.807) is 13.0 Å². The minimum Gasteiger partial charge on any atom is -0.392 e. The summed E-state index contributed by atoms with van der Waals surface area (Å²) in [7, 11) is 0. The molecule has 0 saturated carbocycles. The number of nitrogens with one attached hydrogen (secondary N) is 1. The van der Waals surface area contributed by atoms with Gasteiger partial charge in [-0.15, -0.1) is 0 Å². The first-order chi connectivity index (χ1) is 11.5. The summed E-state index contributed by atoms with van der Waals surface area (Å²) >= 11 is 12.3. The number of aromatic nitrogens is 1. The van der Waals surface area contributed by atoms with Crippen LogP contribution in [0.1, 0.15) is 18.1 Å². The maximum atomic E-state index is 9.40. The zero-order valence-corrected chi connectivity index (χ0v) is 15.0. The number of aliphatic hydroxyl groups excluding tert-OH is 1. The van der Waals surface area contributed by atoms with Gasteiger partial charge in [-0.05, 0) is 36.2 Å². The highest BCUT2D eigenvalue weighted by Crippen LogP contribution is 2.26. The molecule has 2 N–H and O–H groups in total. The topological polar surface area (TPSA) is 37.2 Å². The number of hydrogen-bond acceptors (Lipinski definition) is 2. The largest absolute Gasteiger partial charge is 0.392 e. The monoisotopic (exact) mass is 362 g/mol. The molecule has 0 aliphatic rings. The molecule has 3 aromatic rings. The van der Waals surface area contributed by atoms with E-state index in [-0.39, 0.29) is 6.10 Å². The molecule has 126 valence electrons. The summed E-state index contributed by atoms with van der Waals surface area (Å²) in [5, 5.41) is 15.2. The van der Waals surface area contributed by atoms with Crippen molar-refractivity contribution >= 4 is 34.1 Å². The van der Waals surface area contributed by atoms with Crippen molar-refractivity contribution in [1.82, 2.24) is 9.88 Å². The third-order valence-electron chi connectivity index (χ3n) is 3.98. The number of para-hydroxylation sites is 1. The standard InChI is InChI=1S/C19H20Cl2N2O/c1-13(24)9-22-10-15-12-23(19-5-3-2-4-17(15)19)11-14-6-7-16(20)8-18(14)21/h2-8,12-13,22,24H,9-11H2,1H3. The summed E-state index contributed by atoms with van der Waals surface area (Å²) in [6.45, 7) is 3.75. The maximum absolute atomic E-state index is 9.40. The first kappa shape index (κ1) is 17.3. The summed E-state index contributed by atoms with van der Waals surface area (Å²) in [6.07, 6.45) is 1.79. The molecule has 0 bridgehead atoms. The smallest absolute Gasteiger partial charge is 0.0636 e. The second kappa shape index (κ2) is 7.58. The van der Waals surface area contributed by atoms with Gasteiger partial charge in [-0.2, -0.15) is 0 Å². The maximum Gasteiger partial charge on any atom is 0.0636 e. The third-order valence-corrected chi connectivity index (χ3v) is 4.57. The molecular weight excluding hydrogens is 343 g/mol. The Balaban J connectivity index is 1.90. The van der Waals surface area contributed by atoms with Crippen molar-refractivity contribution in [2.75, 3.05) is 6.54 Å². The van der Waals surface area contributed by atoms with Crippen LogP contribution in [0.5, 0.6) is 0 Å². The molecule has 2 aromatic carbocycles. The van der Waals surface area contributed by atoms with Crippen molar-refractivity contribution in [2.45, 2.75) is 26.1 Å². The average Bonchev–Trinajstić information content (AvgIpc) is 2.88. The Labute approximate surface area is 151 Å². The summed E-state index contributed by atoms with van der Waals surface area (Å²) < 4.78 is 2.20. The quantitative estimate of drug-likeness (QED) is 0.678. The number of hydrogen-bond donors (Lipinski definition) is 2. The van der Waals surface area contributed by atoms with E-state index in [9.17, 15) is 5.11 Å². The zero-order chi connectivity index (χ0) is 17.1. The Hall–Kier alpha value is -1.52. The van der Waals surface area contributed by atoms with Gasteiger partial charge < -0.3 is 15.0 Å². The predicted molar refractivity (Wildman–Crippen MR) is 101 cm³/mol. The van der Waals surface area contributed by atoms with Crippen LogP contribution in [0.3, 0.4) is 0 Å². The Kier molecular flexibility index (Phi) is 5.47. The lowest BCUT2D eigenvalue weighted by molar-refractivity contribution is 0.191. The van der Waals surface area contributed by atoms with E-state index >= 15 is 0 Å². The molecule has 3 rings (SSSR count). The second-order valence-corrected chi connectivity index (χ2v) is 6.86. The van der Waals surface area contributed by atoms with Crippen LogP contribution in [0, 0.1) is 0 Å². The zero-order valence-electron chi connectivity index (χ0n) is 13.5. The van der Waals surface area contributed by atoms with Gasteiger partial charge in [0.15, 0.2) is 0 Å². The van der Waals surface area contributed by atoms with Crippen LogP contribution < -0.4 is 5.32 Å². The number of nitrogens with zero attached hydrogens (tertiary/aromatic N) is 1. The molecule has 1 aromatic heterocycles. The minimum atomic E-state index is -0.355. The summed E-state index contributed by atoms with van der Waals surface area (Å²) in [6, 6.07) is 13.9. The lowest BCUT2D eigenvalue weighted by atomic mass is 10.2. The molecule has 1 atom stereocenters. The van der Waals surface area contributed by atoms with E-state index < -0.39 is 0 Å². The van der Waals surface area contributed by atoms with Gasteiger partial charge in [0, 0.05) is 46.8 Å². The molecule has 1 heterocycles. The normalized spacial score (nSPS) is 12.7. The van der Waals surface area contributed by atoms with Crippen LogP contribution in [-0.2, 0) is 13.1 Å². The molecule has 0 spiro atoms. The molecule has 0 radical (unpaired) electrons.